The fraction of sp³-hybridized carbons (Fsp3) is 0.500. The first-order chi connectivity index (χ1) is 7.50. The minimum absolute atomic E-state index is 0.0604. The van der Waals surface area contributed by atoms with Gasteiger partial charge in [0, 0.05) is 6.54 Å². The van der Waals surface area contributed by atoms with E-state index in [-0.39, 0.29) is 5.92 Å². The summed E-state index contributed by atoms with van der Waals surface area (Å²) in [6.45, 7) is 4.06. The number of carbonyl (C=O) groups is 1. The SMILES string of the molecule is CC(C)C(CNc1ccc(Cl)nn1)C(=O)O. The van der Waals surface area contributed by atoms with Crippen LogP contribution in [0.1, 0.15) is 13.8 Å². The van der Waals surface area contributed by atoms with Crippen molar-refractivity contribution < 1.29 is 9.90 Å². The van der Waals surface area contributed by atoms with E-state index in [1.54, 1.807) is 12.1 Å². The van der Waals surface area contributed by atoms with Gasteiger partial charge in [-0.3, -0.25) is 4.79 Å². The zero-order chi connectivity index (χ0) is 12.1. The summed E-state index contributed by atoms with van der Waals surface area (Å²) in [7, 11) is 0. The average Bonchev–Trinajstić information content (AvgIpc) is 2.20. The Morgan fingerprint density at radius 2 is 2.19 bits per heavy atom. The summed E-state index contributed by atoms with van der Waals surface area (Å²) >= 11 is 5.58. The van der Waals surface area contributed by atoms with Crippen LogP contribution in [0.3, 0.4) is 0 Å². The summed E-state index contributed by atoms with van der Waals surface area (Å²) in [6, 6.07) is 3.26. The van der Waals surface area contributed by atoms with Crippen LogP contribution in [0.4, 0.5) is 5.82 Å². The summed E-state index contributed by atoms with van der Waals surface area (Å²) in [5.41, 5.74) is 0. The van der Waals surface area contributed by atoms with Crippen LogP contribution in [0.25, 0.3) is 0 Å². The van der Waals surface area contributed by atoms with E-state index in [2.05, 4.69) is 15.5 Å². The Kier molecular flexibility index (Phi) is 4.49. The number of aromatic nitrogens is 2. The molecule has 5 nitrogen and oxygen atoms in total. The van der Waals surface area contributed by atoms with Crippen molar-refractivity contribution in [3.63, 3.8) is 0 Å². The fourth-order valence-corrected chi connectivity index (χ4v) is 1.33. The maximum atomic E-state index is 10.9. The van der Waals surface area contributed by atoms with Crippen LogP contribution >= 0.6 is 11.6 Å². The number of rotatable bonds is 5. The largest absolute Gasteiger partial charge is 0.481 e. The van der Waals surface area contributed by atoms with E-state index < -0.39 is 11.9 Å². The molecule has 0 aliphatic rings. The van der Waals surface area contributed by atoms with Gasteiger partial charge in [0.2, 0.25) is 0 Å². The molecule has 0 fully saturated rings. The number of carboxylic acid groups (broad SMARTS) is 1. The third kappa shape index (κ3) is 3.66. The molecule has 1 heterocycles. The molecular weight excluding hydrogens is 230 g/mol. The molecule has 1 aromatic heterocycles. The van der Waals surface area contributed by atoms with Crippen molar-refractivity contribution in [1.29, 1.82) is 0 Å². The van der Waals surface area contributed by atoms with Gasteiger partial charge < -0.3 is 10.4 Å². The Morgan fingerprint density at radius 1 is 1.50 bits per heavy atom. The van der Waals surface area contributed by atoms with E-state index in [1.807, 2.05) is 13.8 Å². The summed E-state index contributed by atoms with van der Waals surface area (Å²) in [6.07, 6.45) is 0. The molecule has 88 valence electrons. The Hall–Kier alpha value is -1.36. The van der Waals surface area contributed by atoms with E-state index in [0.29, 0.717) is 17.5 Å². The Bertz CT molecular complexity index is 354. The molecule has 0 radical (unpaired) electrons. The first-order valence-corrected chi connectivity index (χ1v) is 5.34. The molecule has 6 heteroatoms. The predicted octanol–water partition coefficient (Wildman–Crippen LogP) is 1.90. The van der Waals surface area contributed by atoms with Gasteiger partial charge in [-0.1, -0.05) is 25.4 Å². The van der Waals surface area contributed by atoms with Gasteiger partial charge in [-0.25, -0.2) is 0 Å². The van der Waals surface area contributed by atoms with Crippen LogP contribution in [0, 0.1) is 11.8 Å². The highest BCUT2D eigenvalue weighted by atomic mass is 35.5. The minimum Gasteiger partial charge on any atom is -0.481 e. The van der Waals surface area contributed by atoms with Crippen molar-refractivity contribution in [2.45, 2.75) is 13.8 Å². The predicted molar refractivity (Wildman–Crippen MR) is 61.5 cm³/mol. The number of aliphatic carboxylic acids is 1. The molecule has 1 unspecified atom stereocenters. The van der Waals surface area contributed by atoms with Crippen LogP contribution < -0.4 is 5.32 Å². The Labute approximate surface area is 98.8 Å². The highest BCUT2D eigenvalue weighted by molar-refractivity contribution is 6.29. The highest BCUT2D eigenvalue weighted by Gasteiger charge is 2.21. The second-order valence-corrected chi connectivity index (χ2v) is 4.20. The van der Waals surface area contributed by atoms with Crippen molar-refractivity contribution in [3.8, 4) is 0 Å². The van der Waals surface area contributed by atoms with Gasteiger partial charge in [0.15, 0.2) is 5.15 Å². The molecule has 0 amide bonds. The maximum Gasteiger partial charge on any atom is 0.308 e. The van der Waals surface area contributed by atoms with Crippen LogP contribution in [-0.2, 0) is 4.79 Å². The van der Waals surface area contributed by atoms with Crippen LogP contribution in [0.5, 0.6) is 0 Å². The lowest BCUT2D eigenvalue weighted by molar-refractivity contribution is -0.142. The van der Waals surface area contributed by atoms with Crippen LogP contribution in [0.15, 0.2) is 12.1 Å². The molecule has 1 atom stereocenters. The normalized spacial score (nSPS) is 12.5. The standard InChI is InChI=1S/C10H14ClN3O2/c1-6(2)7(10(15)16)5-12-9-4-3-8(11)13-14-9/h3-4,6-7H,5H2,1-2H3,(H,12,14)(H,15,16). The lowest BCUT2D eigenvalue weighted by Gasteiger charge is -2.16. The van der Waals surface area contributed by atoms with Crippen LogP contribution in [-0.4, -0.2) is 27.8 Å². The molecular formula is C10H14ClN3O2. The topological polar surface area (TPSA) is 75.1 Å². The van der Waals surface area contributed by atoms with Crippen molar-refractivity contribution >= 4 is 23.4 Å². The van der Waals surface area contributed by atoms with Crippen molar-refractivity contribution in [1.82, 2.24) is 10.2 Å². The molecule has 0 saturated carbocycles. The third-order valence-electron chi connectivity index (χ3n) is 2.26. The number of halogens is 1. The van der Waals surface area contributed by atoms with Crippen molar-refractivity contribution in [2.75, 3.05) is 11.9 Å². The molecule has 0 aliphatic heterocycles. The molecule has 0 saturated heterocycles. The zero-order valence-electron chi connectivity index (χ0n) is 9.14. The van der Waals surface area contributed by atoms with E-state index >= 15 is 0 Å². The molecule has 0 aromatic carbocycles. The average molecular weight is 244 g/mol. The van der Waals surface area contributed by atoms with Crippen LogP contribution in [0.2, 0.25) is 5.15 Å². The minimum atomic E-state index is -0.815. The molecule has 1 aromatic rings. The van der Waals surface area contributed by atoms with E-state index in [4.69, 9.17) is 16.7 Å². The second kappa shape index (κ2) is 5.65. The monoisotopic (exact) mass is 243 g/mol. The Balaban J connectivity index is 2.55. The van der Waals surface area contributed by atoms with E-state index in [9.17, 15) is 4.79 Å². The highest BCUT2D eigenvalue weighted by Crippen LogP contribution is 2.13. The summed E-state index contributed by atoms with van der Waals surface area (Å²) in [5.74, 6) is -0.677. The summed E-state index contributed by atoms with van der Waals surface area (Å²) < 4.78 is 0. The molecule has 0 spiro atoms. The lowest BCUT2D eigenvalue weighted by Crippen LogP contribution is -2.27. The smallest absolute Gasteiger partial charge is 0.308 e. The molecule has 0 aliphatic carbocycles. The van der Waals surface area contributed by atoms with Gasteiger partial charge in [0.05, 0.1) is 5.92 Å². The van der Waals surface area contributed by atoms with Gasteiger partial charge in [-0.05, 0) is 18.1 Å². The number of carboxylic acids is 1. The molecule has 1 rings (SSSR count). The van der Waals surface area contributed by atoms with Gasteiger partial charge >= 0.3 is 5.97 Å². The second-order valence-electron chi connectivity index (χ2n) is 3.81. The number of hydrogen-bond acceptors (Lipinski definition) is 4. The zero-order valence-corrected chi connectivity index (χ0v) is 9.90. The maximum absolute atomic E-state index is 10.9. The van der Waals surface area contributed by atoms with Crippen molar-refractivity contribution in [2.24, 2.45) is 11.8 Å². The summed E-state index contributed by atoms with van der Waals surface area (Å²) in [4.78, 5) is 10.9. The fourth-order valence-electron chi connectivity index (χ4n) is 1.23. The first-order valence-electron chi connectivity index (χ1n) is 4.96. The summed E-state index contributed by atoms with van der Waals surface area (Å²) in [5, 5.41) is 19.6. The Morgan fingerprint density at radius 3 is 2.62 bits per heavy atom. The van der Waals surface area contributed by atoms with Gasteiger partial charge in [-0.2, -0.15) is 0 Å². The number of anilines is 1. The van der Waals surface area contributed by atoms with Gasteiger partial charge in [0.1, 0.15) is 5.82 Å². The third-order valence-corrected chi connectivity index (χ3v) is 2.46. The molecule has 0 bridgehead atoms. The van der Waals surface area contributed by atoms with Crippen molar-refractivity contribution in [3.05, 3.63) is 17.3 Å². The first kappa shape index (κ1) is 12.7. The number of hydrogen-bond donors (Lipinski definition) is 2. The van der Waals surface area contributed by atoms with Gasteiger partial charge in [0.25, 0.3) is 0 Å². The molecule has 16 heavy (non-hydrogen) atoms. The number of nitrogens with one attached hydrogen (secondary N) is 1. The number of nitrogens with zero attached hydrogens (tertiary/aromatic N) is 2. The van der Waals surface area contributed by atoms with Gasteiger partial charge in [-0.15, -0.1) is 10.2 Å². The molecule has 2 N–H and O–H groups in total. The van der Waals surface area contributed by atoms with E-state index in [0.717, 1.165) is 0 Å². The quantitative estimate of drug-likeness (QED) is 0.826. The lowest BCUT2D eigenvalue weighted by atomic mass is 9.96. The van der Waals surface area contributed by atoms with E-state index in [1.165, 1.54) is 0 Å².